The summed E-state index contributed by atoms with van der Waals surface area (Å²) in [6.45, 7) is 0. The van der Waals surface area contributed by atoms with Crippen LogP contribution in [0.2, 0.25) is 0 Å². The van der Waals surface area contributed by atoms with E-state index >= 15 is 0 Å². The molecule has 0 aliphatic carbocycles. The average molecular weight is 137 g/mol. The molecule has 5 heteroatoms. The second kappa shape index (κ2) is 1.44. The van der Waals surface area contributed by atoms with E-state index in [0.29, 0.717) is 11.5 Å². The average Bonchev–Trinajstić information content (AvgIpc) is 2.41. The first-order valence-electron chi connectivity index (χ1n) is 2.85. The van der Waals surface area contributed by atoms with Gasteiger partial charge in [-0.1, -0.05) is 0 Å². The van der Waals surface area contributed by atoms with Gasteiger partial charge in [0.2, 0.25) is 0 Å². The highest BCUT2D eigenvalue weighted by molar-refractivity contribution is 5.75. The van der Waals surface area contributed by atoms with Gasteiger partial charge in [-0.15, -0.1) is 5.10 Å². The minimum atomic E-state index is 0.367. The number of anilines is 2. The first-order chi connectivity index (χ1) is 4.79. The van der Waals surface area contributed by atoms with Crippen molar-refractivity contribution in [1.29, 1.82) is 0 Å². The van der Waals surface area contributed by atoms with Gasteiger partial charge >= 0.3 is 0 Å². The van der Waals surface area contributed by atoms with Crippen LogP contribution in [0.4, 0.5) is 11.5 Å². The monoisotopic (exact) mass is 137 g/mol. The van der Waals surface area contributed by atoms with Crippen LogP contribution in [0.15, 0.2) is 12.4 Å². The Morgan fingerprint density at radius 3 is 3.00 bits per heavy atom. The number of aromatic nitrogens is 3. The number of nitrogen functional groups attached to an aromatic ring is 2. The minimum absolute atomic E-state index is 0.367. The molecule has 52 valence electrons. The zero-order chi connectivity index (χ0) is 7.14. The van der Waals surface area contributed by atoms with Crippen LogP contribution in [0.5, 0.6) is 0 Å². The van der Waals surface area contributed by atoms with Crippen molar-refractivity contribution < 1.29 is 0 Å². The van der Waals surface area contributed by atoms with Crippen LogP contribution >= 0.6 is 0 Å². The summed E-state index contributed by atoms with van der Waals surface area (Å²) < 4.78 is 1.60. The largest absolute Gasteiger partial charge is 0.393 e. The van der Waals surface area contributed by atoms with Crippen molar-refractivity contribution >= 4 is 17.2 Å². The Kier molecular flexibility index (Phi) is 0.743. The van der Waals surface area contributed by atoms with Gasteiger partial charge in [0.25, 0.3) is 0 Å². The summed E-state index contributed by atoms with van der Waals surface area (Å²) in [4.78, 5) is 2.90. The van der Waals surface area contributed by atoms with E-state index < -0.39 is 0 Å². The van der Waals surface area contributed by atoms with Gasteiger partial charge in [-0.3, -0.25) is 0 Å². The number of nitrogens with zero attached hydrogens (tertiary/aromatic N) is 2. The van der Waals surface area contributed by atoms with E-state index in [2.05, 4.69) is 10.1 Å². The Labute approximate surface area is 56.6 Å². The van der Waals surface area contributed by atoms with Crippen molar-refractivity contribution in [2.45, 2.75) is 0 Å². The molecule has 0 aliphatic rings. The Morgan fingerprint density at radius 2 is 2.30 bits per heavy atom. The number of fused-ring (bicyclic) bond motifs is 1. The molecule has 2 aromatic heterocycles. The van der Waals surface area contributed by atoms with Crippen molar-refractivity contribution in [3.05, 3.63) is 12.4 Å². The summed E-state index contributed by atoms with van der Waals surface area (Å²) in [7, 11) is 0. The number of H-pyrrole nitrogens is 1. The maximum absolute atomic E-state index is 5.54. The normalized spacial score (nSPS) is 10.8. The maximum atomic E-state index is 5.54. The van der Waals surface area contributed by atoms with Crippen LogP contribution < -0.4 is 11.5 Å². The van der Waals surface area contributed by atoms with Crippen molar-refractivity contribution in [2.24, 2.45) is 0 Å². The fourth-order valence-corrected chi connectivity index (χ4v) is 0.903. The first-order valence-corrected chi connectivity index (χ1v) is 2.85. The smallest absolute Gasteiger partial charge is 0.171 e. The molecule has 0 atom stereocenters. The van der Waals surface area contributed by atoms with Crippen LogP contribution in [0.1, 0.15) is 0 Å². The molecule has 5 nitrogen and oxygen atoms in total. The van der Waals surface area contributed by atoms with Crippen LogP contribution in [-0.2, 0) is 0 Å². The van der Waals surface area contributed by atoms with Gasteiger partial charge < -0.3 is 16.5 Å². The third kappa shape index (κ3) is 0.439. The van der Waals surface area contributed by atoms with E-state index in [-0.39, 0.29) is 0 Å². The molecular weight excluding hydrogens is 130 g/mol. The highest BCUT2D eigenvalue weighted by Crippen LogP contribution is 2.16. The number of nitrogens with one attached hydrogen (secondary N) is 1. The zero-order valence-electron chi connectivity index (χ0n) is 5.20. The second-order valence-corrected chi connectivity index (χ2v) is 2.05. The summed E-state index contributed by atoms with van der Waals surface area (Å²) in [5, 5.41) is 3.91. The molecule has 0 bridgehead atoms. The van der Waals surface area contributed by atoms with E-state index in [4.69, 9.17) is 11.5 Å². The lowest BCUT2D eigenvalue weighted by molar-refractivity contribution is 0.980. The number of rotatable bonds is 0. The third-order valence-corrected chi connectivity index (χ3v) is 1.41. The topological polar surface area (TPSA) is 85.1 Å². The number of aromatic amines is 1. The van der Waals surface area contributed by atoms with Crippen molar-refractivity contribution in [3.63, 3.8) is 0 Å². The minimum Gasteiger partial charge on any atom is -0.393 e. The fourth-order valence-electron chi connectivity index (χ4n) is 0.903. The van der Waals surface area contributed by atoms with E-state index in [1.165, 1.54) is 0 Å². The number of imidazole rings is 1. The molecule has 5 N–H and O–H groups in total. The van der Waals surface area contributed by atoms with Crippen LogP contribution in [0.3, 0.4) is 0 Å². The molecule has 0 saturated heterocycles. The van der Waals surface area contributed by atoms with Crippen molar-refractivity contribution in [2.75, 3.05) is 11.5 Å². The molecule has 0 radical (unpaired) electrons. The molecule has 0 aliphatic heterocycles. The fraction of sp³-hybridized carbons (Fsp3) is 0. The van der Waals surface area contributed by atoms with E-state index in [1.54, 1.807) is 16.9 Å². The molecule has 2 heterocycles. The lowest BCUT2D eigenvalue weighted by Crippen LogP contribution is -1.91. The molecule has 10 heavy (non-hydrogen) atoms. The molecule has 0 amide bonds. The lowest BCUT2D eigenvalue weighted by atomic mass is 10.5. The highest BCUT2D eigenvalue weighted by Gasteiger charge is 2.04. The summed E-state index contributed by atoms with van der Waals surface area (Å²) in [5.74, 6) is 0.367. The summed E-state index contributed by atoms with van der Waals surface area (Å²) in [5.41, 5.74) is 12.2. The summed E-state index contributed by atoms with van der Waals surface area (Å²) in [6, 6.07) is 0. The van der Waals surface area contributed by atoms with Crippen LogP contribution in [0.25, 0.3) is 5.65 Å². The SMILES string of the molecule is Nc1nn2cc[nH]c2c1N. The van der Waals surface area contributed by atoms with Gasteiger partial charge in [-0.25, -0.2) is 4.52 Å². The van der Waals surface area contributed by atoms with Gasteiger partial charge in [-0.2, -0.15) is 0 Å². The summed E-state index contributed by atoms with van der Waals surface area (Å²) >= 11 is 0. The molecule has 0 aromatic carbocycles. The molecule has 2 aromatic rings. The second-order valence-electron chi connectivity index (χ2n) is 2.05. The van der Waals surface area contributed by atoms with Crippen molar-refractivity contribution in [1.82, 2.24) is 14.6 Å². The van der Waals surface area contributed by atoms with Gasteiger partial charge in [-0.05, 0) is 0 Å². The molecular formula is C5H7N5. The predicted molar refractivity (Wildman–Crippen MR) is 38.4 cm³/mol. The third-order valence-electron chi connectivity index (χ3n) is 1.41. The van der Waals surface area contributed by atoms with E-state index in [0.717, 1.165) is 5.65 Å². The maximum Gasteiger partial charge on any atom is 0.171 e. The van der Waals surface area contributed by atoms with Gasteiger partial charge in [0.05, 0.1) is 0 Å². The van der Waals surface area contributed by atoms with Crippen molar-refractivity contribution in [3.8, 4) is 0 Å². The van der Waals surface area contributed by atoms with Gasteiger partial charge in [0.15, 0.2) is 11.5 Å². The number of hydrogen-bond donors (Lipinski definition) is 3. The molecule has 2 rings (SSSR count). The first kappa shape index (κ1) is 5.16. The number of nitrogens with two attached hydrogens (primary N) is 2. The van der Waals surface area contributed by atoms with Crippen LogP contribution in [-0.4, -0.2) is 14.6 Å². The molecule has 0 fully saturated rings. The quantitative estimate of drug-likeness (QED) is 0.471. The van der Waals surface area contributed by atoms with Crippen LogP contribution in [0, 0.1) is 0 Å². The zero-order valence-corrected chi connectivity index (χ0v) is 5.20. The molecule has 0 saturated carbocycles. The van der Waals surface area contributed by atoms with E-state index in [9.17, 15) is 0 Å². The standard InChI is InChI=1S/C5H7N5/c6-3-4(7)9-10-2-1-8-5(3)10/h1-2,8H,6H2,(H2,7,9). The van der Waals surface area contributed by atoms with Gasteiger partial charge in [0.1, 0.15) is 5.69 Å². The van der Waals surface area contributed by atoms with Gasteiger partial charge in [0, 0.05) is 12.4 Å². The lowest BCUT2D eigenvalue weighted by Gasteiger charge is -1.82. The molecule has 0 unspecified atom stereocenters. The number of hydrogen-bond acceptors (Lipinski definition) is 3. The Hall–Kier alpha value is -1.65. The Balaban J connectivity index is 2.95. The summed E-state index contributed by atoms with van der Waals surface area (Å²) in [6.07, 6.45) is 3.50. The predicted octanol–water partition coefficient (Wildman–Crippen LogP) is -0.173. The molecule has 0 spiro atoms. The van der Waals surface area contributed by atoms with E-state index in [1.807, 2.05) is 0 Å². The highest BCUT2D eigenvalue weighted by atomic mass is 15.3. The Morgan fingerprint density at radius 1 is 1.50 bits per heavy atom. The Bertz CT molecular complexity index is 357.